The highest BCUT2D eigenvalue weighted by Gasteiger charge is 2.16. The van der Waals surface area contributed by atoms with Crippen LogP contribution in [0.4, 0.5) is 10.1 Å². The summed E-state index contributed by atoms with van der Waals surface area (Å²) in [6.07, 6.45) is 1.18. The van der Waals surface area contributed by atoms with Crippen molar-refractivity contribution in [2.24, 2.45) is 0 Å². The van der Waals surface area contributed by atoms with Crippen molar-refractivity contribution < 1.29 is 9.18 Å². The topological polar surface area (TPSA) is 20.3 Å². The second-order valence-corrected chi connectivity index (χ2v) is 3.87. The molecule has 0 bridgehead atoms. The number of aldehydes is 1. The zero-order valence-corrected chi connectivity index (χ0v) is 9.33. The second kappa shape index (κ2) is 4.91. The van der Waals surface area contributed by atoms with E-state index < -0.39 is 0 Å². The van der Waals surface area contributed by atoms with E-state index in [4.69, 9.17) is 0 Å². The van der Waals surface area contributed by atoms with Gasteiger partial charge >= 0.3 is 0 Å². The highest BCUT2D eigenvalue weighted by atomic mass is 19.1. The van der Waals surface area contributed by atoms with E-state index in [1.54, 1.807) is 6.07 Å². The van der Waals surface area contributed by atoms with Gasteiger partial charge in [-0.3, -0.25) is 0 Å². The number of nitrogens with zero attached hydrogens (tertiary/aromatic N) is 1. The lowest BCUT2D eigenvalue weighted by molar-refractivity contribution is -0.108. The summed E-state index contributed by atoms with van der Waals surface area (Å²) in [6.45, 7) is 1.86. The minimum Gasteiger partial charge on any atom is -0.377 e. The third kappa shape index (κ3) is 2.55. The van der Waals surface area contributed by atoms with Crippen LogP contribution in [-0.2, 0) is 4.79 Å². The minimum atomic E-state index is -0.240. The summed E-state index contributed by atoms with van der Waals surface area (Å²) in [7, 11) is 3.73. The van der Waals surface area contributed by atoms with Crippen molar-refractivity contribution in [3.05, 3.63) is 29.6 Å². The Labute approximate surface area is 89.7 Å². The van der Waals surface area contributed by atoms with Gasteiger partial charge in [0.25, 0.3) is 0 Å². The monoisotopic (exact) mass is 209 g/mol. The maximum absolute atomic E-state index is 13.6. The van der Waals surface area contributed by atoms with Crippen molar-refractivity contribution in [2.75, 3.05) is 19.0 Å². The molecule has 0 heterocycles. The van der Waals surface area contributed by atoms with Gasteiger partial charge in [-0.15, -0.1) is 0 Å². The minimum absolute atomic E-state index is 0.0823. The van der Waals surface area contributed by atoms with Gasteiger partial charge in [-0.1, -0.05) is 13.0 Å². The first-order valence-electron chi connectivity index (χ1n) is 4.97. The molecule has 0 aliphatic rings. The standard InChI is InChI=1S/C12H16FNO/c1-9(7-8-15)12-10(13)5-4-6-11(12)14(2)3/h4-6,8-9H,7H2,1-3H3. The molecular formula is C12H16FNO. The second-order valence-electron chi connectivity index (χ2n) is 3.87. The van der Waals surface area contributed by atoms with Crippen LogP contribution in [0, 0.1) is 5.82 Å². The van der Waals surface area contributed by atoms with Crippen LogP contribution >= 0.6 is 0 Å². The number of carbonyl (C=O) groups is 1. The van der Waals surface area contributed by atoms with Crippen molar-refractivity contribution in [3.8, 4) is 0 Å². The van der Waals surface area contributed by atoms with Crippen molar-refractivity contribution in [2.45, 2.75) is 19.3 Å². The molecule has 3 heteroatoms. The molecule has 0 saturated carbocycles. The van der Waals surface area contributed by atoms with E-state index in [0.29, 0.717) is 12.0 Å². The lowest BCUT2D eigenvalue weighted by Gasteiger charge is -2.21. The summed E-state index contributed by atoms with van der Waals surface area (Å²) in [5.74, 6) is -0.323. The third-order valence-corrected chi connectivity index (χ3v) is 2.45. The molecule has 82 valence electrons. The molecule has 1 aromatic rings. The molecule has 2 nitrogen and oxygen atoms in total. The van der Waals surface area contributed by atoms with E-state index in [0.717, 1.165) is 12.0 Å². The van der Waals surface area contributed by atoms with Gasteiger partial charge < -0.3 is 9.69 Å². The number of carbonyl (C=O) groups excluding carboxylic acids is 1. The normalized spacial score (nSPS) is 12.3. The number of hydrogen-bond acceptors (Lipinski definition) is 2. The summed E-state index contributed by atoms with van der Waals surface area (Å²) in [5.41, 5.74) is 1.46. The van der Waals surface area contributed by atoms with Gasteiger partial charge in [-0.25, -0.2) is 4.39 Å². The van der Waals surface area contributed by atoms with Gasteiger partial charge in [0.1, 0.15) is 12.1 Å². The molecular weight excluding hydrogens is 193 g/mol. The van der Waals surface area contributed by atoms with E-state index >= 15 is 0 Å². The first kappa shape index (κ1) is 11.7. The molecule has 0 N–H and O–H groups in total. The third-order valence-electron chi connectivity index (χ3n) is 2.45. The summed E-state index contributed by atoms with van der Waals surface area (Å²) < 4.78 is 13.6. The number of benzene rings is 1. The zero-order valence-electron chi connectivity index (χ0n) is 9.33. The Hall–Kier alpha value is -1.38. The van der Waals surface area contributed by atoms with E-state index in [1.807, 2.05) is 32.0 Å². The number of anilines is 1. The van der Waals surface area contributed by atoms with Crippen LogP contribution in [0.25, 0.3) is 0 Å². The van der Waals surface area contributed by atoms with E-state index in [9.17, 15) is 9.18 Å². The maximum Gasteiger partial charge on any atom is 0.128 e. The fourth-order valence-corrected chi connectivity index (χ4v) is 1.67. The zero-order chi connectivity index (χ0) is 11.4. The highest BCUT2D eigenvalue weighted by molar-refractivity contribution is 5.58. The van der Waals surface area contributed by atoms with Gasteiger partial charge in [-0.05, 0) is 18.1 Å². The Morgan fingerprint density at radius 3 is 2.67 bits per heavy atom. The Morgan fingerprint density at radius 1 is 1.47 bits per heavy atom. The van der Waals surface area contributed by atoms with Gasteiger partial charge in [0, 0.05) is 31.8 Å². The van der Waals surface area contributed by atoms with Crippen LogP contribution in [0.15, 0.2) is 18.2 Å². The summed E-state index contributed by atoms with van der Waals surface area (Å²) in [6, 6.07) is 4.98. The molecule has 1 unspecified atom stereocenters. The Morgan fingerprint density at radius 2 is 2.13 bits per heavy atom. The SMILES string of the molecule is CC(CC=O)c1c(F)cccc1N(C)C. The van der Waals surface area contributed by atoms with E-state index in [-0.39, 0.29) is 11.7 Å². The summed E-state index contributed by atoms with van der Waals surface area (Å²) in [5, 5.41) is 0. The van der Waals surface area contributed by atoms with Crippen LogP contribution in [0.3, 0.4) is 0 Å². The molecule has 1 atom stereocenters. The molecule has 0 fully saturated rings. The molecule has 15 heavy (non-hydrogen) atoms. The Balaban J connectivity index is 3.17. The number of hydrogen-bond donors (Lipinski definition) is 0. The highest BCUT2D eigenvalue weighted by Crippen LogP contribution is 2.30. The summed E-state index contributed by atoms with van der Waals surface area (Å²) in [4.78, 5) is 12.3. The van der Waals surface area contributed by atoms with Crippen LogP contribution in [0.2, 0.25) is 0 Å². The van der Waals surface area contributed by atoms with Crippen LogP contribution < -0.4 is 4.90 Å². The Bertz CT molecular complexity index is 349. The summed E-state index contributed by atoms with van der Waals surface area (Å²) >= 11 is 0. The number of halogens is 1. The fraction of sp³-hybridized carbons (Fsp3) is 0.417. The molecule has 1 aromatic carbocycles. The molecule has 1 rings (SSSR count). The molecule has 0 amide bonds. The lowest BCUT2D eigenvalue weighted by Crippen LogP contribution is -2.14. The molecule has 0 aromatic heterocycles. The van der Waals surface area contributed by atoms with Crippen molar-refractivity contribution in [3.63, 3.8) is 0 Å². The van der Waals surface area contributed by atoms with Crippen LogP contribution in [-0.4, -0.2) is 20.4 Å². The predicted octanol–water partition coefficient (Wildman–Crippen LogP) is 2.58. The average Bonchev–Trinajstić information content (AvgIpc) is 2.17. The molecule has 0 spiro atoms. The van der Waals surface area contributed by atoms with Gasteiger partial charge in [-0.2, -0.15) is 0 Å². The van der Waals surface area contributed by atoms with Crippen molar-refractivity contribution >= 4 is 12.0 Å². The Kier molecular flexibility index (Phi) is 3.83. The molecule has 0 radical (unpaired) electrons. The van der Waals surface area contributed by atoms with Gasteiger partial charge in [0.15, 0.2) is 0 Å². The molecule has 0 aliphatic heterocycles. The lowest BCUT2D eigenvalue weighted by atomic mass is 9.95. The van der Waals surface area contributed by atoms with E-state index in [1.165, 1.54) is 6.07 Å². The van der Waals surface area contributed by atoms with Crippen molar-refractivity contribution in [1.82, 2.24) is 0 Å². The molecule has 0 saturated heterocycles. The first-order chi connectivity index (χ1) is 7.07. The average molecular weight is 209 g/mol. The smallest absolute Gasteiger partial charge is 0.128 e. The van der Waals surface area contributed by atoms with Crippen LogP contribution in [0.5, 0.6) is 0 Å². The van der Waals surface area contributed by atoms with Gasteiger partial charge in [0.05, 0.1) is 0 Å². The van der Waals surface area contributed by atoms with Crippen LogP contribution in [0.1, 0.15) is 24.8 Å². The first-order valence-corrected chi connectivity index (χ1v) is 4.97. The fourth-order valence-electron chi connectivity index (χ4n) is 1.67. The van der Waals surface area contributed by atoms with Crippen molar-refractivity contribution in [1.29, 1.82) is 0 Å². The number of rotatable bonds is 4. The quantitative estimate of drug-likeness (QED) is 0.710. The largest absolute Gasteiger partial charge is 0.377 e. The predicted molar refractivity (Wildman–Crippen MR) is 59.8 cm³/mol. The molecule has 0 aliphatic carbocycles. The maximum atomic E-state index is 13.6. The van der Waals surface area contributed by atoms with E-state index in [2.05, 4.69) is 0 Å². The van der Waals surface area contributed by atoms with Gasteiger partial charge in [0.2, 0.25) is 0 Å².